The third-order valence-corrected chi connectivity index (χ3v) is 6.30. The van der Waals surface area contributed by atoms with E-state index in [0.717, 1.165) is 67.4 Å². The molecule has 0 aliphatic heterocycles. The lowest BCUT2D eigenvalue weighted by atomic mass is 9.57. The summed E-state index contributed by atoms with van der Waals surface area (Å²) in [7, 11) is 1.67. The van der Waals surface area contributed by atoms with Gasteiger partial charge in [0.15, 0.2) is 0 Å². The Hall–Kier alpha value is -2.14. The summed E-state index contributed by atoms with van der Waals surface area (Å²) in [6, 6.07) is 10.0. The van der Waals surface area contributed by atoms with E-state index in [4.69, 9.17) is 9.72 Å². The molecule has 2 bridgehead atoms. The Kier molecular flexibility index (Phi) is 3.91. The average molecular weight is 340 g/mol. The second kappa shape index (κ2) is 5.99. The number of pyridine rings is 1. The fourth-order valence-corrected chi connectivity index (χ4v) is 4.42. The van der Waals surface area contributed by atoms with Crippen LogP contribution in [0.1, 0.15) is 44.2 Å². The van der Waals surface area contributed by atoms with Crippen molar-refractivity contribution < 1.29 is 14.6 Å². The van der Waals surface area contributed by atoms with Crippen LogP contribution < -0.4 is 10.1 Å². The Morgan fingerprint density at radius 2 is 1.88 bits per heavy atom. The highest BCUT2D eigenvalue weighted by Crippen LogP contribution is 2.52. The van der Waals surface area contributed by atoms with Gasteiger partial charge in [-0.05, 0) is 62.8 Å². The molecule has 2 aromatic rings. The van der Waals surface area contributed by atoms with E-state index in [1.54, 1.807) is 7.11 Å². The predicted octanol–water partition coefficient (Wildman–Crippen LogP) is 3.51. The van der Waals surface area contributed by atoms with Gasteiger partial charge in [-0.1, -0.05) is 6.07 Å². The van der Waals surface area contributed by atoms with E-state index in [-0.39, 0.29) is 5.54 Å². The number of nitrogens with one attached hydrogen (secondary N) is 1. The molecular formula is C20H24N2O3. The van der Waals surface area contributed by atoms with Gasteiger partial charge in [-0.25, -0.2) is 0 Å². The van der Waals surface area contributed by atoms with Crippen molar-refractivity contribution >= 4 is 16.9 Å². The van der Waals surface area contributed by atoms with Crippen LogP contribution in [0.5, 0.6) is 5.75 Å². The highest BCUT2D eigenvalue weighted by atomic mass is 16.5. The van der Waals surface area contributed by atoms with Crippen molar-refractivity contribution in [1.29, 1.82) is 0 Å². The number of rotatable bonds is 5. The molecule has 3 aliphatic carbocycles. The number of aromatic nitrogens is 1. The van der Waals surface area contributed by atoms with E-state index in [0.29, 0.717) is 0 Å². The minimum Gasteiger partial charge on any atom is -0.497 e. The number of carboxylic acid groups (broad SMARTS) is 1. The topological polar surface area (TPSA) is 71.5 Å². The molecule has 0 saturated heterocycles. The summed E-state index contributed by atoms with van der Waals surface area (Å²) in [4.78, 5) is 16.3. The molecule has 3 fully saturated rings. The molecule has 0 atom stereocenters. The lowest BCUT2D eigenvalue weighted by Crippen LogP contribution is -2.56. The Balaban J connectivity index is 1.45. The number of hydrogen-bond acceptors (Lipinski definition) is 4. The lowest BCUT2D eigenvalue weighted by Gasteiger charge is -2.51. The molecule has 5 heteroatoms. The summed E-state index contributed by atoms with van der Waals surface area (Å²) >= 11 is 0. The third-order valence-electron chi connectivity index (χ3n) is 6.30. The van der Waals surface area contributed by atoms with Crippen molar-refractivity contribution in [2.45, 2.75) is 50.6 Å². The highest BCUT2D eigenvalue weighted by molar-refractivity contribution is 5.80. The second-order valence-electron chi connectivity index (χ2n) is 7.58. The summed E-state index contributed by atoms with van der Waals surface area (Å²) in [5.41, 5.74) is 1.62. The number of hydrogen-bond donors (Lipinski definition) is 2. The van der Waals surface area contributed by atoms with Gasteiger partial charge in [-0.3, -0.25) is 9.78 Å². The summed E-state index contributed by atoms with van der Waals surface area (Å²) in [6.07, 6.45) is 5.22. The van der Waals surface area contributed by atoms with Gasteiger partial charge >= 0.3 is 5.97 Å². The van der Waals surface area contributed by atoms with Crippen molar-refractivity contribution in [2.24, 2.45) is 5.41 Å². The first-order chi connectivity index (χ1) is 12.0. The first kappa shape index (κ1) is 16.3. The van der Waals surface area contributed by atoms with E-state index in [1.807, 2.05) is 18.2 Å². The second-order valence-corrected chi connectivity index (χ2v) is 7.58. The number of nitrogens with zero attached hydrogens (tertiary/aromatic N) is 1. The molecular weight excluding hydrogens is 316 g/mol. The van der Waals surface area contributed by atoms with Crippen LogP contribution in [0, 0.1) is 5.41 Å². The largest absolute Gasteiger partial charge is 0.497 e. The number of fused-ring (bicyclic) bond motifs is 4. The maximum Gasteiger partial charge on any atom is 0.309 e. The number of benzene rings is 1. The van der Waals surface area contributed by atoms with Gasteiger partial charge in [0.1, 0.15) is 5.75 Å². The molecule has 0 spiro atoms. The van der Waals surface area contributed by atoms with E-state index < -0.39 is 11.4 Å². The molecule has 0 unspecified atom stereocenters. The molecule has 1 aromatic carbocycles. The van der Waals surface area contributed by atoms with Gasteiger partial charge in [0, 0.05) is 17.5 Å². The Morgan fingerprint density at radius 3 is 2.52 bits per heavy atom. The van der Waals surface area contributed by atoms with Crippen LogP contribution in [0.4, 0.5) is 0 Å². The van der Waals surface area contributed by atoms with Crippen LogP contribution in [-0.4, -0.2) is 28.7 Å². The first-order valence-corrected chi connectivity index (χ1v) is 8.96. The van der Waals surface area contributed by atoms with E-state index in [1.165, 1.54) is 0 Å². The van der Waals surface area contributed by atoms with Gasteiger partial charge in [0.05, 0.1) is 23.7 Å². The third kappa shape index (κ3) is 2.86. The Bertz CT molecular complexity index is 793. The predicted molar refractivity (Wildman–Crippen MR) is 95.6 cm³/mol. The minimum absolute atomic E-state index is 0.0910. The molecule has 0 radical (unpaired) electrons. The lowest BCUT2D eigenvalue weighted by molar-refractivity contribution is -0.156. The van der Waals surface area contributed by atoms with Crippen LogP contribution in [0.3, 0.4) is 0 Å². The van der Waals surface area contributed by atoms with Crippen LogP contribution in [0.2, 0.25) is 0 Å². The van der Waals surface area contributed by atoms with Gasteiger partial charge < -0.3 is 15.2 Å². The highest BCUT2D eigenvalue weighted by Gasteiger charge is 2.52. The number of ether oxygens (including phenoxy) is 1. The summed E-state index contributed by atoms with van der Waals surface area (Å²) in [5.74, 6) is 0.234. The molecule has 25 heavy (non-hydrogen) atoms. The standard InChI is InChI=1S/C20H24N2O3/c1-25-16-4-5-17-14(12-16)2-3-15(22-17)13-21-20-9-6-19(7-10-20,8-11-20)18(23)24/h2-5,12,21H,6-11,13H2,1H3,(H,23,24). The van der Waals surface area contributed by atoms with Crippen molar-refractivity contribution in [3.05, 3.63) is 36.0 Å². The van der Waals surface area contributed by atoms with E-state index >= 15 is 0 Å². The van der Waals surface area contributed by atoms with Gasteiger partial charge in [-0.15, -0.1) is 0 Å². The molecule has 132 valence electrons. The van der Waals surface area contributed by atoms with E-state index in [9.17, 15) is 9.90 Å². The van der Waals surface area contributed by atoms with Crippen LogP contribution >= 0.6 is 0 Å². The van der Waals surface area contributed by atoms with Crippen molar-refractivity contribution in [3.63, 3.8) is 0 Å². The molecule has 2 N–H and O–H groups in total. The molecule has 0 amide bonds. The Morgan fingerprint density at radius 1 is 1.16 bits per heavy atom. The molecule has 3 aliphatic rings. The smallest absolute Gasteiger partial charge is 0.309 e. The number of carbonyl (C=O) groups is 1. The van der Waals surface area contributed by atoms with Crippen LogP contribution in [-0.2, 0) is 11.3 Å². The van der Waals surface area contributed by atoms with Crippen molar-refractivity contribution in [2.75, 3.05) is 7.11 Å². The zero-order valence-electron chi connectivity index (χ0n) is 14.5. The summed E-state index contributed by atoms with van der Waals surface area (Å²) < 4.78 is 5.25. The van der Waals surface area contributed by atoms with Crippen LogP contribution in [0.15, 0.2) is 30.3 Å². The van der Waals surface area contributed by atoms with Gasteiger partial charge in [0.2, 0.25) is 0 Å². The Labute approximate surface area is 147 Å². The monoisotopic (exact) mass is 340 g/mol. The summed E-state index contributed by atoms with van der Waals surface area (Å²) in [5, 5.41) is 14.3. The zero-order chi connectivity index (χ0) is 17.5. The zero-order valence-corrected chi connectivity index (χ0v) is 14.5. The quantitative estimate of drug-likeness (QED) is 0.871. The van der Waals surface area contributed by atoms with Gasteiger partial charge in [-0.2, -0.15) is 0 Å². The number of aliphatic carboxylic acids is 1. The van der Waals surface area contributed by atoms with Crippen LogP contribution in [0.25, 0.3) is 10.9 Å². The molecule has 1 heterocycles. The normalized spacial score (nSPS) is 28.2. The maximum absolute atomic E-state index is 11.5. The van der Waals surface area contributed by atoms with Crippen molar-refractivity contribution in [1.82, 2.24) is 10.3 Å². The fourth-order valence-electron chi connectivity index (χ4n) is 4.42. The average Bonchev–Trinajstić information content (AvgIpc) is 2.67. The molecule has 5 rings (SSSR count). The number of carboxylic acids is 1. The number of methoxy groups -OCH3 is 1. The molecule has 3 saturated carbocycles. The molecule has 1 aromatic heterocycles. The summed E-state index contributed by atoms with van der Waals surface area (Å²) in [6.45, 7) is 0.724. The first-order valence-electron chi connectivity index (χ1n) is 8.96. The van der Waals surface area contributed by atoms with Gasteiger partial charge in [0.25, 0.3) is 0 Å². The van der Waals surface area contributed by atoms with E-state index in [2.05, 4.69) is 17.4 Å². The SMILES string of the molecule is COc1ccc2nc(CNC34CCC(C(=O)O)(CC3)CC4)ccc2c1. The fraction of sp³-hybridized carbons (Fsp3) is 0.500. The maximum atomic E-state index is 11.5. The molecule has 5 nitrogen and oxygen atoms in total. The minimum atomic E-state index is -0.604. The van der Waals surface area contributed by atoms with Crippen molar-refractivity contribution in [3.8, 4) is 5.75 Å².